The second-order valence-corrected chi connectivity index (χ2v) is 18.3. The summed E-state index contributed by atoms with van der Waals surface area (Å²) in [5.74, 6) is -1.85. The van der Waals surface area contributed by atoms with Gasteiger partial charge in [0, 0.05) is 12.1 Å². The molecular weight excluding hydrogens is 731 g/mol. The lowest BCUT2D eigenvalue weighted by Gasteiger charge is -2.40. The number of fused-ring (bicyclic) bond motifs is 2. The normalized spacial score (nSPS) is 23.8. The van der Waals surface area contributed by atoms with Crippen LogP contribution >= 0.6 is 0 Å². The summed E-state index contributed by atoms with van der Waals surface area (Å²) in [6, 6.07) is 23.1. The first-order chi connectivity index (χ1) is 27.9. The van der Waals surface area contributed by atoms with E-state index in [-0.39, 0.29) is 35.0 Å². The van der Waals surface area contributed by atoms with Crippen molar-refractivity contribution in [2.75, 3.05) is 6.54 Å². The third-order valence-electron chi connectivity index (χ3n) is 13.9. The molecule has 1 unspecified atom stereocenters. The second kappa shape index (κ2) is 16.2. The van der Waals surface area contributed by atoms with E-state index in [0.717, 1.165) is 72.9 Å². The van der Waals surface area contributed by atoms with Crippen LogP contribution in [0.1, 0.15) is 87.5 Å². The van der Waals surface area contributed by atoms with Crippen molar-refractivity contribution in [2.24, 2.45) is 34.8 Å². The molecule has 4 fully saturated rings. The minimum absolute atomic E-state index is 0.0918. The molecule has 5 amide bonds. The fourth-order valence-electron chi connectivity index (χ4n) is 10.4. The van der Waals surface area contributed by atoms with Gasteiger partial charge >= 0.3 is 6.03 Å². The molecule has 0 aromatic heterocycles. The molecule has 306 valence electrons. The summed E-state index contributed by atoms with van der Waals surface area (Å²) >= 11 is 0. The molecule has 1 aliphatic heterocycles. The third-order valence-corrected chi connectivity index (χ3v) is 13.9. The Morgan fingerprint density at radius 2 is 1.52 bits per heavy atom. The average Bonchev–Trinajstić information content (AvgIpc) is 3.97. The van der Waals surface area contributed by atoms with Crippen molar-refractivity contribution in [3.63, 3.8) is 0 Å². The Labute approximate surface area is 341 Å². The Morgan fingerprint density at radius 3 is 2.19 bits per heavy atom. The van der Waals surface area contributed by atoms with Gasteiger partial charge in [-0.25, -0.2) is 4.79 Å². The maximum atomic E-state index is 15.0. The number of carbonyl (C=O) groups is 5. The SMILES string of the molecule is CC1(C)[C@@H]2[C@@H](C(=O)NC(CC3CC3)C(=O)C(N)=O)N(C(=O)[C@@H](NC(=O)NC3(Cc4cccc(OCc5ccccc5)c4)CCCCC3)C3Cc4ccccc4C3)C[C@@H]21. The molecule has 0 spiro atoms. The first kappa shape index (κ1) is 39.6. The van der Waals surface area contributed by atoms with E-state index in [2.05, 4.69) is 54.1 Å². The highest BCUT2D eigenvalue weighted by atomic mass is 16.5. The predicted molar refractivity (Wildman–Crippen MR) is 219 cm³/mol. The van der Waals surface area contributed by atoms with Crippen molar-refractivity contribution in [2.45, 2.75) is 115 Å². The highest BCUT2D eigenvalue weighted by Crippen LogP contribution is 2.65. The zero-order chi connectivity index (χ0) is 40.6. The summed E-state index contributed by atoms with van der Waals surface area (Å²) in [5.41, 5.74) is 9.17. The van der Waals surface area contributed by atoms with Crippen LogP contribution in [-0.2, 0) is 45.0 Å². The lowest BCUT2D eigenvalue weighted by atomic mass is 9.77. The van der Waals surface area contributed by atoms with Crippen molar-refractivity contribution >= 4 is 29.5 Å². The van der Waals surface area contributed by atoms with Crippen LogP contribution in [0.5, 0.6) is 5.75 Å². The average molecular weight is 788 g/mol. The number of piperidine rings is 1. The molecule has 11 heteroatoms. The summed E-state index contributed by atoms with van der Waals surface area (Å²) in [6.07, 6.45) is 8.74. The number of benzene rings is 3. The Morgan fingerprint density at radius 1 is 0.845 bits per heavy atom. The van der Waals surface area contributed by atoms with Crippen molar-refractivity contribution in [3.8, 4) is 5.75 Å². The number of Topliss-reactive ketones (excluding diaryl/α,β-unsaturated/α-hetero) is 1. The fourth-order valence-corrected chi connectivity index (χ4v) is 10.4. The van der Waals surface area contributed by atoms with Crippen LogP contribution in [0.25, 0.3) is 0 Å². The largest absolute Gasteiger partial charge is 0.489 e. The van der Waals surface area contributed by atoms with Gasteiger partial charge in [-0.15, -0.1) is 0 Å². The van der Waals surface area contributed by atoms with Crippen LogP contribution < -0.4 is 26.4 Å². The molecule has 5 aliphatic rings. The Hall–Kier alpha value is -5.19. The number of primary amides is 1. The number of hydrogen-bond acceptors (Lipinski definition) is 6. The number of carbonyl (C=O) groups excluding carboxylic acids is 5. The van der Waals surface area contributed by atoms with Gasteiger partial charge in [-0.05, 0) is 102 Å². The molecule has 8 rings (SSSR count). The number of rotatable bonds is 15. The van der Waals surface area contributed by atoms with Crippen molar-refractivity contribution in [1.82, 2.24) is 20.9 Å². The molecule has 4 aliphatic carbocycles. The molecule has 3 saturated carbocycles. The van der Waals surface area contributed by atoms with E-state index >= 15 is 4.79 Å². The van der Waals surface area contributed by atoms with E-state index in [0.29, 0.717) is 38.8 Å². The highest BCUT2D eigenvalue weighted by molar-refractivity contribution is 6.37. The smallest absolute Gasteiger partial charge is 0.315 e. The second-order valence-electron chi connectivity index (χ2n) is 18.3. The number of ketones is 1. The standard InChI is InChI=1S/C47H57N5O6/c1-46(2)36-27-52(40(38(36)46)43(55)49-37(23-29-18-19-29)41(53)42(48)54)44(56)39(34-24-32-15-7-8-16-33(32)25-34)50-45(57)51-47(20-9-4-10-21-47)26-31-14-11-17-35(22-31)58-28-30-12-5-3-6-13-30/h3,5-8,11-17,22,29,34,36-40H,4,9-10,18-21,23-28H2,1-2H3,(H2,48,54)(H,49,55)(H2,50,51,57)/t36-,37?,38-,39-,40-/m0/s1. The Balaban J connectivity index is 1.02. The molecule has 3 aromatic carbocycles. The van der Waals surface area contributed by atoms with Gasteiger partial charge in [-0.3, -0.25) is 19.2 Å². The number of nitrogens with zero attached hydrogens (tertiary/aromatic N) is 1. The van der Waals surface area contributed by atoms with E-state index in [1.165, 1.54) is 0 Å². The fraction of sp³-hybridized carbons (Fsp3) is 0.511. The van der Waals surface area contributed by atoms with Gasteiger partial charge in [-0.1, -0.05) is 113 Å². The number of likely N-dealkylation sites (tertiary alicyclic amines) is 1. The first-order valence-electron chi connectivity index (χ1n) is 21.3. The van der Waals surface area contributed by atoms with E-state index in [1.807, 2.05) is 54.6 Å². The number of amides is 5. The molecule has 3 aromatic rings. The number of urea groups is 1. The van der Waals surface area contributed by atoms with Gasteiger partial charge in [0.15, 0.2) is 0 Å². The van der Waals surface area contributed by atoms with Crippen LogP contribution in [0.2, 0.25) is 0 Å². The Bertz CT molecular complexity index is 2020. The van der Waals surface area contributed by atoms with E-state index < -0.39 is 47.3 Å². The van der Waals surface area contributed by atoms with Crippen molar-refractivity contribution in [1.29, 1.82) is 0 Å². The molecule has 58 heavy (non-hydrogen) atoms. The minimum Gasteiger partial charge on any atom is -0.489 e. The summed E-state index contributed by atoms with van der Waals surface area (Å²) in [5, 5.41) is 9.44. The topological polar surface area (TPSA) is 160 Å². The van der Waals surface area contributed by atoms with Crippen LogP contribution in [0.4, 0.5) is 4.79 Å². The van der Waals surface area contributed by atoms with Crippen LogP contribution in [0.3, 0.4) is 0 Å². The van der Waals surface area contributed by atoms with Gasteiger partial charge in [-0.2, -0.15) is 0 Å². The molecule has 11 nitrogen and oxygen atoms in total. The summed E-state index contributed by atoms with van der Waals surface area (Å²) in [7, 11) is 0. The van der Waals surface area contributed by atoms with Crippen molar-refractivity contribution in [3.05, 3.63) is 101 Å². The zero-order valence-electron chi connectivity index (χ0n) is 33.7. The van der Waals surface area contributed by atoms with Gasteiger partial charge in [0.1, 0.15) is 24.4 Å². The molecule has 1 heterocycles. The zero-order valence-corrected chi connectivity index (χ0v) is 33.7. The first-order valence-corrected chi connectivity index (χ1v) is 21.3. The van der Waals surface area contributed by atoms with E-state index in [4.69, 9.17) is 10.5 Å². The monoisotopic (exact) mass is 787 g/mol. The molecule has 5 N–H and O–H groups in total. The maximum Gasteiger partial charge on any atom is 0.315 e. The molecule has 0 radical (unpaired) electrons. The number of nitrogens with two attached hydrogens (primary N) is 1. The lowest BCUT2D eigenvalue weighted by molar-refractivity contribution is -0.144. The van der Waals surface area contributed by atoms with E-state index in [1.54, 1.807) is 4.90 Å². The van der Waals surface area contributed by atoms with Crippen molar-refractivity contribution < 1.29 is 28.7 Å². The predicted octanol–water partition coefficient (Wildman–Crippen LogP) is 5.42. The van der Waals surface area contributed by atoms with Crippen LogP contribution in [0, 0.1) is 29.1 Å². The van der Waals surface area contributed by atoms with Gasteiger partial charge in [0.05, 0.1) is 6.04 Å². The lowest BCUT2D eigenvalue weighted by Crippen LogP contribution is -2.62. The third kappa shape index (κ3) is 8.50. The maximum absolute atomic E-state index is 15.0. The molecule has 5 atom stereocenters. The van der Waals surface area contributed by atoms with Gasteiger partial charge in [0.2, 0.25) is 17.6 Å². The molecular formula is C47H57N5O6. The summed E-state index contributed by atoms with van der Waals surface area (Å²) in [6.45, 7) is 5.04. The Kier molecular flexibility index (Phi) is 11.1. The van der Waals surface area contributed by atoms with Crippen LogP contribution in [0.15, 0.2) is 78.9 Å². The number of nitrogens with one attached hydrogen (secondary N) is 3. The highest BCUT2D eigenvalue weighted by Gasteiger charge is 2.70. The minimum atomic E-state index is -1.08. The molecule has 0 bridgehead atoms. The number of hydrogen-bond donors (Lipinski definition) is 4. The molecule has 1 saturated heterocycles. The number of ether oxygens (including phenoxy) is 1. The quantitative estimate of drug-likeness (QED) is 0.151. The van der Waals surface area contributed by atoms with Crippen LogP contribution in [-0.4, -0.2) is 64.6 Å². The summed E-state index contributed by atoms with van der Waals surface area (Å²) in [4.78, 5) is 70.2. The van der Waals surface area contributed by atoms with Gasteiger partial charge < -0.3 is 31.3 Å². The summed E-state index contributed by atoms with van der Waals surface area (Å²) < 4.78 is 6.15. The van der Waals surface area contributed by atoms with E-state index in [9.17, 15) is 19.2 Å². The van der Waals surface area contributed by atoms with Gasteiger partial charge in [0.25, 0.3) is 5.91 Å².